The summed E-state index contributed by atoms with van der Waals surface area (Å²) in [6.45, 7) is 11.5. The molecule has 8 aromatic carbocycles. The van der Waals surface area contributed by atoms with E-state index in [9.17, 15) is 0 Å². The van der Waals surface area contributed by atoms with Gasteiger partial charge in [0.15, 0.2) is 0 Å². The number of fused-ring (bicyclic) bond motifs is 7. The third-order valence-corrected chi connectivity index (χ3v) is 11.8. The lowest BCUT2D eigenvalue weighted by molar-refractivity contribution is 0.590. The van der Waals surface area contributed by atoms with E-state index in [0.717, 1.165) is 44.6 Å². The smallest absolute Gasteiger partial charge is 0.135 e. The Kier molecular flexibility index (Phi) is 7.44. The van der Waals surface area contributed by atoms with Crippen LogP contribution >= 0.6 is 0 Å². The Morgan fingerprint density at radius 1 is 0.473 bits per heavy atom. The Bertz CT molecular complexity index is 2920. The van der Waals surface area contributed by atoms with Gasteiger partial charge in [-0.25, -0.2) is 0 Å². The van der Waals surface area contributed by atoms with Crippen molar-refractivity contribution in [2.75, 3.05) is 4.90 Å². The van der Waals surface area contributed by atoms with Gasteiger partial charge in [0.2, 0.25) is 0 Å². The number of rotatable bonds is 5. The van der Waals surface area contributed by atoms with Crippen molar-refractivity contribution in [3.63, 3.8) is 0 Å². The van der Waals surface area contributed by atoms with Crippen LogP contribution in [-0.2, 0) is 10.8 Å². The summed E-state index contributed by atoms with van der Waals surface area (Å²) in [5.41, 5.74) is 16.6. The van der Waals surface area contributed by atoms with Gasteiger partial charge in [0.05, 0.1) is 5.69 Å². The van der Waals surface area contributed by atoms with E-state index in [1.165, 1.54) is 55.3 Å². The highest BCUT2D eigenvalue weighted by Gasteiger charge is 2.35. The summed E-state index contributed by atoms with van der Waals surface area (Å²) >= 11 is 0. The molecule has 2 nitrogen and oxygen atoms in total. The monoisotopic (exact) mass is 709 g/mol. The average Bonchev–Trinajstić information content (AvgIpc) is 3.69. The number of furan rings is 1. The third kappa shape index (κ3) is 5.39. The van der Waals surface area contributed by atoms with Gasteiger partial charge in [-0.1, -0.05) is 156 Å². The Morgan fingerprint density at radius 2 is 1.09 bits per heavy atom. The third-order valence-electron chi connectivity index (χ3n) is 11.8. The van der Waals surface area contributed by atoms with Crippen LogP contribution in [0.3, 0.4) is 0 Å². The number of nitrogens with zero attached hydrogens (tertiary/aromatic N) is 1. The van der Waals surface area contributed by atoms with Crippen LogP contribution in [0.1, 0.15) is 51.3 Å². The van der Waals surface area contributed by atoms with Gasteiger partial charge in [-0.15, -0.1) is 0 Å². The first-order valence-electron chi connectivity index (χ1n) is 19.3. The average molecular weight is 710 g/mol. The van der Waals surface area contributed by atoms with Gasteiger partial charge in [-0.05, 0) is 109 Å². The van der Waals surface area contributed by atoms with Crippen LogP contribution in [0.5, 0.6) is 0 Å². The van der Waals surface area contributed by atoms with E-state index < -0.39 is 0 Å². The molecular formula is C53H43NO. The molecule has 0 saturated heterocycles. The fraction of sp³-hybridized carbons (Fsp3) is 0.132. The minimum atomic E-state index is -0.0731. The maximum Gasteiger partial charge on any atom is 0.135 e. The molecule has 1 aliphatic rings. The molecule has 1 aromatic heterocycles. The highest BCUT2D eigenvalue weighted by molar-refractivity contribution is 6.10. The molecule has 1 heterocycles. The zero-order valence-electron chi connectivity index (χ0n) is 32.0. The molecule has 2 heteroatoms. The van der Waals surface area contributed by atoms with E-state index in [-0.39, 0.29) is 10.8 Å². The van der Waals surface area contributed by atoms with Crippen LogP contribution in [0.2, 0.25) is 0 Å². The second kappa shape index (κ2) is 12.3. The Labute approximate surface area is 323 Å². The first kappa shape index (κ1) is 33.2. The number of hydrogen-bond acceptors (Lipinski definition) is 2. The van der Waals surface area contributed by atoms with Crippen molar-refractivity contribution in [1.82, 2.24) is 0 Å². The van der Waals surface area contributed by atoms with E-state index in [2.05, 4.69) is 203 Å². The highest BCUT2D eigenvalue weighted by Crippen LogP contribution is 2.52. The molecule has 55 heavy (non-hydrogen) atoms. The van der Waals surface area contributed by atoms with Crippen molar-refractivity contribution >= 4 is 49.8 Å². The number of benzene rings is 8. The number of hydrogen-bond donors (Lipinski definition) is 0. The van der Waals surface area contributed by atoms with Gasteiger partial charge in [0.1, 0.15) is 11.2 Å². The molecule has 0 atom stereocenters. The first-order chi connectivity index (χ1) is 26.6. The van der Waals surface area contributed by atoms with Gasteiger partial charge in [-0.2, -0.15) is 0 Å². The molecule has 0 radical (unpaired) electrons. The van der Waals surface area contributed by atoms with Crippen LogP contribution in [0.25, 0.3) is 66.1 Å². The topological polar surface area (TPSA) is 16.4 Å². The Morgan fingerprint density at radius 3 is 1.87 bits per heavy atom. The van der Waals surface area contributed by atoms with Crippen molar-refractivity contribution in [2.24, 2.45) is 0 Å². The molecule has 0 saturated carbocycles. The fourth-order valence-corrected chi connectivity index (χ4v) is 8.87. The quantitative estimate of drug-likeness (QED) is 0.177. The lowest BCUT2D eigenvalue weighted by Crippen LogP contribution is -2.15. The molecule has 0 N–H and O–H groups in total. The van der Waals surface area contributed by atoms with Crippen LogP contribution in [0, 0.1) is 0 Å². The Hall–Kier alpha value is -6.38. The van der Waals surface area contributed by atoms with E-state index in [1.807, 2.05) is 6.07 Å². The summed E-state index contributed by atoms with van der Waals surface area (Å²) in [5, 5.41) is 4.66. The summed E-state index contributed by atoms with van der Waals surface area (Å²) in [7, 11) is 0. The van der Waals surface area contributed by atoms with Crippen molar-refractivity contribution < 1.29 is 4.42 Å². The SMILES string of the molecule is CC(C)(C)c1ccc(-c2ccc(N(c3ccc4c(c3)-c3ccccc3C4(C)C)c3ccc4ccccc4c3-c3ccc4oc5ccccc5c4c3)cc2)cc1. The van der Waals surface area contributed by atoms with Crippen molar-refractivity contribution in [3.05, 3.63) is 187 Å². The van der Waals surface area contributed by atoms with Gasteiger partial charge < -0.3 is 9.32 Å². The van der Waals surface area contributed by atoms with E-state index >= 15 is 0 Å². The number of para-hydroxylation sites is 1. The molecule has 266 valence electrons. The summed E-state index contributed by atoms with van der Waals surface area (Å²) in [6.07, 6.45) is 0. The zero-order valence-corrected chi connectivity index (χ0v) is 32.0. The van der Waals surface area contributed by atoms with E-state index in [1.54, 1.807) is 0 Å². The van der Waals surface area contributed by atoms with Crippen LogP contribution < -0.4 is 4.90 Å². The maximum atomic E-state index is 6.30. The first-order valence-corrected chi connectivity index (χ1v) is 19.3. The molecule has 9 aromatic rings. The zero-order chi connectivity index (χ0) is 37.5. The van der Waals surface area contributed by atoms with Crippen molar-refractivity contribution in [3.8, 4) is 33.4 Å². The lowest BCUT2D eigenvalue weighted by Gasteiger charge is -2.30. The summed E-state index contributed by atoms with van der Waals surface area (Å²) in [5.74, 6) is 0. The van der Waals surface area contributed by atoms with Gasteiger partial charge >= 0.3 is 0 Å². The summed E-state index contributed by atoms with van der Waals surface area (Å²) < 4.78 is 6.30. The standard InChI is InChI=1S/C53H43NO/c1-52(2,3)38-24-18-34(19-25-38)35-20-26-39(27-21-35)54(40-28-29-47-44(33-40)42-14-8-10-16-46(42)53(47,4)5)48-30-22-36-12-6-7-13-41(36)51(48)37-23-31-50-45(32-37)43-15-9-11-17-49(43)55-50/h6-33H,1-5H3. The molecule has 10 rings (SSSR count). The summed E-state index contributed by atoms with van der Waals surface area (Å²) in [4.78, 5) is 2.46. The van der Waals surface area contributed by atoms with Gasteiger partial charge in [-0.3, -0.25) is 0 Å². The minimum Gasteiger partial charge on any atom is -0.456 e. The molecular weight excluding hydrogens is 667 g/mol. The lowest BCUT2D eigenvalue weighted by atomic mass is 9.82. The molecule has 0 bridgehead atoms. The fourth-order valence-electron chi connectivity index (χ4n) is 8.87. The normalized spacial score (nSPS) is 13.3. The Balaban J connectivity index is 1.20. The largest absolute Gasteiger partial charge is 0.456 e. The van der Waals surface area contributed by atoms with Crippen LogP contribution in [-0.4, -0.2) is 0 Å². The molecule has 0 spiro atoms. The summed E-state index contributed by atoms with van der Waals surface area (Å²) in [6, 6.07) is 62.5. The molecule has 0 fully saturated rings. The highest BCUT2D eigenvalue weighted by atomic mass is 16.3. The van der Waals surface area contributed by atoms with E-state index in [0.29, 0.717) is 0 Å². The van der Waals surface area contributed by atoms with Crippen LogP contribution in [0.4, 0.5) is 17.1 Å². The van der Waals surface area contributed by atoms with Gasteiger partial charge in [0.25, 0.3) is 0 Å². The van der Waals surface area contributed by atoms with Gasteiger partial charge in [0, 0.05) is 33.1 Å². The molecule has 1 aliphatic carbocycles. The maximum absolute atomic E-state index is 6.30. The predicted octanol–water partition coefficient (Wildman–Crippen LogP) is 15.1. The van der Waals surface area contributed by atoms with E-state index in [4.69, 9.17) is 4.42 Å². The van der Waals surface area contributed by atoms with Crippen LogP contribution in [0.15, 0.2) is 174 Å². The minimum absolute atomic E-state index is 0.0731. The second-order valence-corrected chi connectivity index (χ2v) is 16.6. The second-order valence-electron chi connectivity index (χ2n) is 16.6. The number of anilines is 3. The molecule has 0 aliphatic heterocycles. The van der Waals surface area contributed by atoms with Crippen molar-refractivity contribution in [2.45, 2.75) is 45.4 Å². The van der Waals surface area contributed by atoms with Crippen molar-refractivity contribution in [1.29, 1.82) is 0 Å². The predicted molar refractivity (Wildman–Crippen MR) is 233 cm³/mol. The molecule has 0 unspecified atom stereocenters. The molecule has 0 amide bonds.